The molecular formula is C13H19N3O2. The van der Waals surface area contributed by atoms with Gasteiger partial charge in [0.15, 0.2) is 0 Å². The number of benzene rings is 1. The molecule has 0 saturated carbocycles. The third-order valence-corrected chi connectivity index (χ3v) is 3.35. The van der Waals surface area contributed by atoms with Crippen LogP contribution in [0.3, 0.4) is 0 Å². The molecule has 18 heavy (non-hydrogen) atoms. The minimum absolute atomic E-state index is 0.00338. The van der Waals surface area contributed by atoms with Gasteiger partial charge in [-0.25, -0.2) is 4.79 Å². The Labute approximate surface area is 107 Å². The summed E-state index contributed by atoms with van der Waals surface area (Å²) in [5.41, 5.74) is 6.50. The first-order chi connectivity index (χ1) is 8.61. The monoisotopic (exact) mass is 249 g/mol. The molecule has 98 valence electrons. The molecule has 1 unspecified atom stereocenters. The van der Waals surface area contributed by atoms with Crippen LogP contribution in [0.15, 0.2) is 24.3 Å². The lowest BCUT2D eigenvalue weighted by Crippen LogP contribution is -2.51. The second-order valence-corrected chi connectivity index (χ2v) is 4.59. The van der Waals surface area contributed by atoms with Gasteiger partial charge in [0.25, 0.3) is 0 Å². The van der Waals surface area contributed by atoms with E-state index in [0.717, 1.165) is 24.4 Å². The third kappa shape index (κ3) is 2.56. The molecule has 0 spiro atoms. The Morgan fingerprint density at radius 3 is 2.89 bits per heavy atom. The molecule has 1 aromatic rings. The second kappa shape index (κ2) is 5.27. The van der Waals surface area contributed by atoms with Gasteiger partial charge in [-0.15, -0.1) is 0 Å². The number of ether oxygens (including phenoxy) is 1. The fraction of sp³-hybridized carbons (Fsp3) is 0.462. The van der Waals surface area contributed by atoms with Crippen molar-refractivity contribution in [1.82, 2.24) is 9.80 Å². The molecule has 0 bridgehead atoms. The van der Waals surface area contributed by atoms with E-state index in [9.17, 15) is 4.79 Å². The predicted molar refractivity (Wildman–Crippen MR) is 69.5 cm³/mol. The first-order valence-corrected chi connectivity index (χ1v) is 6.00. The molecule has 1 fully saturated rings. The van der Waals surface area contributed by atoms with Crippen molar-refractivity contribution >= 4 is 6.03 Å². The van der Waals surface area contributed by atoms with Gasteiger partial charge in [-0.2, -0.15) is 0 Å². The van der Waals surface area contributed by atoms with Crippen molar-refractivity contribution < 1.29 is 9.53 Å². The average molecular weight is 249 g/mol. The smallest absolute Gasteiger partial charge is 0.315 e. The van der Waals surface area contributed by atoms with Crippen molar-refractivity contribution in [1.29, 1.82) is 0 Å². The fourth-order valence-corrected chi connectivity index (χ4v) is 2.32. The van der Waals surface area contributed by atoms with Gasteiger partial charge in [0.05, 0.1) is 13.2 Å². The van der Waals surface area contributed by atoms with Gasteiger partial charge in [0, 0.05) is 19.6 Å². The van der Waals surface area contributed by atoms with Crippen molar-refractivity contribution in [2.24, 2.45) is 5.73 Å². The third-order valence-electron chi connectivity index (χ3n) is 3.35. The standard InChI is InChI=1S/C13H19N3O2/c1-15-6-7-16(13(14)17)12(9-15)10-4-3-5-11(8-10)18-2/h3-5,8,12H,6-7,9H2,1-2H3,(H2,14,17). The summed E-state index contributed by atoms with van der Waals surface area (Å²) in [7, 11) is 3.68. The van der Waals surface area contributed by atoms with Crippen molar-refractivity contribution in [3.63, 3.8) is 0 Å². The highest BCUT2D eigenvalue weighted by Gasteiger charge is 2.29. The number of nitrogens with two attached hydrogens (primary N) is 1. The second-order valence-electron chi connectivity index (χ2n) is 4.59. The molecule has 2 amide bonds. The molecule has 1 atom stereocenters. The zero-order chi connectivity index (χ0) is 13.1. The molecule has 2 rings (SSSR count). The van der Waals surface area contributed by atoms with Gasteiger partial charge < -0.3 is 20.3 Å². The van der Waals surface area contributed by atoms with E-state index >= 15 is 0 Å². The number of carbonyl (C=O) groups excluding carboxylic acids is 1. The minimum Gasteiger partial charge on any atom is -0.497 e. The summed E-state index contributed by atoms with van der Waals surface area (Å²) < 4.78 is 5.22. The Kier molecular flexibility index (Phi) is 3.72. The van der Waals surface area contributed by atoms with Gasteiger partial charge in [-0.3, -0.25) is 0 Å². The van der Waals surface area contributed by atoms with Crippen molar-refractivity contribution in [3.8, 4) is 5.75 Å². The Hall–Kier alpha value is -1.75. The van der Waals surface area contributed by atoms with Crippen LogP contribution in [0.1, 0.15) is 11.6 Å². The number of hydrogen-bond donors (Lipinski definition) is 1. The van der Waals surface area contributed by atoms with Crippen LogP contribution in [-0.4, -0.2) is 49.6 Å². The number of piperazine rings is 1. The van der Waals surface area contributed by atoms with Crippen LogP contribution in [-0.2, 0) is 0 Å². The van der Waals surface area contributed by atoms with Crippen LogP contribution >= 0.6 is 0 Å². The first kappa shape index (κ1) is 12.7. The average Bonchev–Trinajstić information content (AvgIpc) is 2.38. The van der Waals surface area contributed by atoms with Crippen LogP contribution in [0.5, 0.6) is 5.75 Å². The number of hydrogen-bond acceptors (Lipinski definition) is 3. The summed E-state index contributed by atoms with van der Waals surface area (Å²) in [5.74, 6) is 0.796. The van der Waals surface area contributed by atoms with E-state index in [1.807, 2.05) is 31.3 Å². The highest BCUT2D eigenvalue weighted by molar-refractivity contribution is 5.72. The topological polar surface area (TPSA) is 58.8 Å². The predicted octanol–water partition coefficient (Wildman–Crippen LogP) is 1.06. The number of primary amides is 1. The van der Waals surface area contributed by atoms with Crippen LogP contribution in [0, 0.1) is 0 Å². The molecule has 1 saturated heterocycles. The molecular weight excluding hydrogens is 230 g/mol. The molecule has 5 heteroatoms. The first-order valence-electron chi connectivity index (χ1n) is 6.00. The molecule has 0 aromatic heterocycles. The number of urea groups is 1. The zero-order valence-corrected chi connectivity index (χ0v) is 10.8. The van der Waals surface area contributed by atoms with E-state index in [2.05, 4.69) is 4.90 Å². The fourth-order valence-electron chi connectivity index (χ4n) is 2.32. The maximum absolute atomic E-state index is 11.5. The van der Waals surface area contributed by atoms with E-state index in [-0.39, 0.29) is 12.1 Å². The van der Waals surface area contributed by atoms with E-state index in [1.54, 1.807) is 12.0 Å². The summed E-state index contributed by atoms with van der Waals surface area (Å²) in [6.45, 7) is 2.30. The Morgan fingerprint density at radius 1 is 1.44 bits per heavy atom. The number of nitrogens with zero attached hydrogens (tertiary/aromatic N) is 2. The Bertz CT molecular complexity index is 436. The van der Waals surface area contributed by atoms with E-state index in [1.165, 1.54) is 0 Å². The van der Waals surface area contributed by atoms with Crippen LogP contribution in [0.2, 0.25) is 0 Å². The molecule has 1 heterocycles. The van der Waals surface area contributed by atoms with Gasteiger partial charge in [-0.1, -0.05) is 12.1 Å². The molecule has 5 nitrogen and oxygen atoms in total. The zero-order valence-electron chi connectivity index (χ0n) is 10.8. The van der Waals surface area contributed by atoms with E-state index in [4.69, 9.17) is 10.5 Å². The number of methoxy groups -OCH3 is 1. The maximum atomic E-state index is 11.5. The molecule has 0 radical (unpaired) electrons. The van der Waals surface area contributed by atoms with Gasteiger partial charge >= 0.3 is 6.03 Å². The van der Waals surface area contributed by atoms with Crippen molar-refractivity contribution in [3.05, 3.63) is 29.8 Å². The summed E-state index contributed by atoms with van der Waals surface area (Å²) >= 11 is 0. The number of rotatable bonds is 2. The SMILES string of the molecule is COc1cccc(C2CN(C)CCN2C(N)=O)c1. The number of amides is 2. The Balaban J connectivity index is 2.28. The lowest BCUT2D eigenvalue weighted by atomic mass is 10.0. The quantitative estimate of drug-likeness (QED) is 0.852. The minimum atomic E-state index is -0.365. The number of likely N-dealkylation sites (N-methyl/N-ethyl adjacent to an activating group) is 1. The molecule has 1 aliphatic heterocycles. The van der Waals surface area contributed by atoms with Gasteiger partial charge in [0.2, 0.25) is 0 Å². The Morgan fingerprint density at radius 2 is 2.22 bits per heavy atom. The molecule has 2 N–H and O–H groups in total. The van der Waals surface area contributed by atoms with Crippen molar-refractivity contribution in [2.75, 3.05) is 33.8 Å². The summed E-state index contributed by atoms with van der Waals surface area (Å²) in [6.07, 6.45) is 0. The lowest BCUT2D eigenvalue weighted by Gasteiger charge is -2.39. The van der Waals surface area contributed by atoms with Crippen LogP contribution in [0.4, 0.5) is 4.79 Å². The van der Waals surface area contributed by atoms with E-state index in [0.29, 0.717) is 6.54 Å². The molecule has 0 aliphatic carbocycles. The van der Waals surface area contributed by atoms with E-state index < -0.39 is 0 Å². The molecule has 1 aliphatic rings. The van der Waals surface area contributed by atoms with Crippen LogP contribution < -0.4 is 10.5 Å². The molecule has 1 aromatic carbocycles. The highest BCUT2D eigenvalue weighted by atomic mass is 16.5. The largest absolute Gasteiger partial charge is 0.497 e. The highest BCUT2D eigenvalue weighted by Crippen LogP contribution is 2.27. The summed E-state index contributed by atoms with van der Waals surface area (Å²) in [6, 6.07) is 7.42. The van der Waals surface area contributed by atoms with Gasteiger partial charge in [0.1, 0.15) is 5.75 Å². The van der Waals surface area contributed by atoms with Crippen molar-refractivity contribution in [2.45, 2.75) is 6.04 Å². The maximum Gasteiger partial charge on any atom is 0.315 e. The normalized spacial score (nSPS) is 20.8. The number of carbonyl (C=O) groups is 1. The van der Waals surface area contributed by atoms with Gasteiger partial charge in [-0.05, 0) is 24.7 Å². The summed E-state index contributed by atoms with van der Waals surface area (Å²) in [4.78, 5) is 15.4. The summed E-state index contributed by atoms with van der Waals surface area (Å²) in [5, 5.41) is 0. The lowest BCUT2D eigenvalue weighted by molar-refractivity contribution is 0.114. The van der Waals surface area contributed by atoms with Crippen LogP contribution in [0.25, 0.3) is 0 Å².